The Hall–Kier alpha value is -2.16. The average molecular weight is 416 g/mol. The molecule has 0 spiro atoms. The molecule has 0 saturated heterocycles. The van der Waals surface area contributed by atoms with E-state index in [1.165, 1.54) is 17.5 Å². The van der Waals surface area contributed by atoms with Crippen molar-refractivity contribution in [3.05, 3.63) is 44.2 Å². The number of hydrogen-bond acceptors (Lipinski definition) is 6. The molecule has 0 saturated carbocycles. The highest BCUT2D eigenvalue weighted by Gasteiger charge is 2.13. The first-order chi connectivity index (χ1) is 12.4. The summed E-state index contributed by atoms with van der Waals surface area (Å²) < 4.78 is 4.85. The predicted molar refractivity (Wildman–Crippen MR) is 99.9 cm³/mol. The van der Waals surface area contributed by atoms with E-state index in [1.54, 1.807) is 24.4 Å². The molecule has 2 aromatic heterocycles. The van der Waals surface area contributed by atoms with Gasteiger partial charge in [0.25, 0.3) is 11.8 Å². The number of aromatic nitrogens is 1. The molecule has 7 nitrogen and oxygen atoms in total. The molecule has 10 heteroatoms. The quantitative estimate of drug-likeness (QED) is 0.677. The number of carbonyl (C=O) groups is 3. The highest BCUT2D eigenvalue weighted by atomic mass is 35.5. The summed E-state index contributed by atoms with van der Waals surface area (Å²) in [6, 6.07) is 3.44. The largest absolute Gasteiger partial charge is 0.456 e. The van der Waals surface area contributed by atoms with Crippen molar-refractivity contribution in [3.8, 4) is 0 Å². The molecular formula is C16H15Cl2N3O4S. The van der Waals surface area contributed by atoms with Crippen molar-refractivity contribution >= 4 is 58.1 Å². The Morgan fingerprint density at radius 2 is 2.08 bits per heavy atom. The number of pyridine rings is 1. The highest BCUT2D eigenvalue weighted by Crippen LogP contribution is 2.28. The number of rotatable bonds is 7. The third kappa shape index (κ3) is 5.69. The van der Waals surface area contributed by atoms with Crippen LogP contribution in [0.4, 0.5) is 5.82 Å². The van der Waals surface area contributed by atoms with E-state index in [2.05, 4.69) is 15.6 Å². The zero-order valence-electron chi connectivity index (χ0n) is 13.7. The minimum absolute atomic E-state index is 0.0521. The third-order valence-electron chi connectivity index (χ3n) is 3.18. The predicted octanol–water partition coefficient (Wildman–Crippen LogP) is 3.06. The Morgan fingerprint density at radius 1 is 1.31 bits per heavy atom. The standard InChI is InChI=1S/C16H15Cl2N3O4S/c1-9-10(17)7-20-15(14(9)18)21-12(22)8-25-13(23)4-5-19-16(24)11-3-2-6-26-11/h2-3,6-7H,4-5,8H2,1H3,(H,19,24)(H,20,21,22). The lowest BCUT2D eigenvalue weighted by Gasteiger charge is -2.09. The van der Waals surface area contributed by atoms with Crippen molar-refractivity contribution < 1.29 is 19.1 Å². The molecule has 138 valence electrons. The van der Waals surface area contributed by atoms with Gasteiger partial charge in [0, 0.05) is 12.7 Å². The minimum atomic E-state index is -0.613. The number of amides is 2. The molecule has 0 unspecified atom stereocenters. The van der Waals surface area contributed by atoms with Gasteiger partial charge in [-0.1, -0.05) is 29.3 Å². The van der Waals surface area contributed by atoms with Gasteiger partial charge in [-0.2, -0.15) is 0 Å². The van der Waals surface area contributed by atoms with Crippen molar-refractivity contribution in [3.63, 3.8) is 0 Å². The molecule has 0 fully saturated rings. The Balaban J connectivity index is 1.71. The maximum atomic E-state index is 11.8. The van der Waals surface area contributed by atoms with E-state index in [9.17, 15) is 14.4 Å². The fraction of sp³-hybridized carbons (Fsp3) is 0.250. The van der Waals surface area contributed by atoms with Gasteiger partial charge in [-0.05, 0) is 23.9 Å². The van der Waals surface area contributed by atoms with Crippen LogP contribution in [0.25, 0.3) is 0 Å². The molecule has 0 aromatic carbocycles. The molecule has 0 aliphatic carbocycles. The molecule has 0 bridgehead atoms. The molecular weight excluding hydrogens is 401 g/mol. The smallest absolute Gasteiger partial charge is 0.308 e. The Labute approximate surface area is 163 Å². The van der Waals surface area contributed by atoms with Gasteiger partial charge >= 0.3 is 5.97 Å². The van der Waals surface area contributed by atoms with E-state index in [0.717, 1.165) is 0 Å². The Kier molecular flexibility index (Phi) is 7.38. The van der Waals surface area contributed by atoms with E-state index < -0.39 is 18.5 Å². The summed E-state index contributed by atoms with van der Waals surface area (Å²) in [6.45, 7) is 1.31. The summed E-state index contributed by atoms with van der Waals surface area (Å²) >= 11 is 13.2. The molecule has 2 rings (SSSR count). The molecule has 0 radical (unpaired) electrons. The van der Waals surface area contributed by atoms with Crippen LogP contribution in [0.5, 0.6) is 0 Å². The molecule has 2 N–H and O–H groups in total. The average Bonchev–Trinajstić information content (AvgIpc) is 3.15. The lowest BCUT2D eigenvalue weighted by molar-refractivity contribution is -0.147. The van der Waals surface area contributed by atoms with Crippen LogP contribution in [0.1, 0.15) is 21.7 Å². The number of nitrogens with zero attached hydrogens (tertiary/aromatic N) is 1. The zero-order valence-corrected chi connectivity index (χ0v) is 16.0. The van der Waals surface area contributed by atoms with Crippen molar-refractivity contribution in [2.45, 2.75) is 13.3 Å². The summed E-state index contributed by atoms with van der Waals surface area (Å²) in [5.74, 6) is -1.32. The van der Waals surface area contributed by atoms with E-state index in [4.69, 9.17) is 27.9 Å². The molecule has 2 heterocycles. The summed E-state index contributed by atoms with van der Waals surface area (Å²) in [4.78, 5) is 39.6. The van der Waals surface area contributed by atoms with Crippen LogP contribution in [-0.4, -0.2) is 35.9 Å². The fourth-order valence-corrected chi connectivity index (χ4v) is 2.83. The van der Waals surface area contributed by atoms with Crippen molar-refractivity contribution in [1.29, 1.82) is 0 Å². The topological polar surface area (TPSA) is 97.4 Å². The van der Waals surface area contributed by atoms with Crippen LogP contribution in [0.2, 0.25) is 10.0 Å². The van der Waals surface area contributed by atoms with Gasteiger partial charge in [-0.15, -0.1) is 11.3 Å². The summed E-state index contributed by atoms with van der Waals surface area (Å²) in [7, 11) is 0. The number of ether oxygens (including phenoxy) is 1. The Bertz CT molecular complexity index is 812. The summed E-state index contributed by atoms with van der Waals surface area (Å²) in [5, 5.41) is 7.41. The van der Waals surface area contributed by atoms with E-state index in [-0.39, 0.29) is 29.7 Å². The van der Waals surface area contributed by atoms with Gasteiger partial charge in [-0.3, -0.25) is 14.4 Å². The van der Waals surface area contributed by atoms with Crippen LogP contribution in [0.3, 0.4) is 0 Å². The number of hydrogen-bond donors (Lipinski definition) is 2. The molecule has 2 amide bonds. The van der Waals surface area contributed by atoms with Crippen molar-refractivity contribution in [1.82, 2.24) is 10.3 Å². The van der Waals surface area contributed by atoms with E-state index in [0.29, 0.717) is 15.5 Å². The fourth-order valence-electron chi connectivity index (χ4n) is 1.80. The number of esters is 1. The van der Waals surface area contributed by atoms with Crippen LogP contribution in [0.15, 0.2) is 23.7 Å². The zero-order chi connectivity index (χ0) is 19.1. The number of halogens is 2. The molecule has 0 atom stereocenters. The van der Waals surface area contributed by atoms with Gasteiger partial charge in [-0.25, -0.2) is 4.98 Å². The second kappa shape index (κ2) is 9.51. The maximum absolute atomic E-state index is 11.8. The summed E-state index contributed by atoms with van der Waals surface area (Å²) in [5.41, 5.74) is 0.581. The first-order valence-electron chi connectivity index (χ1n) is 7.46. The first kappa shape index (κ1) is 20.2. The molecule has 0 aliphatic rings. The van der Waals surface area contributed by atoms with E-state index in [1.807, 2.05) is 0 Å². The number of thiophene rings is 1. The third-order valence-corrected chi connectivity index (χ3v) is 4.90. The number of carbonyl (C=O) groups excluding carboxylic acids is 3. The van der Waals surface area contributed by atoms with Crippen molar-refractivity contribution in [2.24, 2.45) is 0 Å². The van der Waals surface area contributed by atoms with Crippen LogP contribution < -0.4 is 10.6 Å². The summed E-state index contributed by atoms with van der Waals surface area (Å²) in [6.07, 6.45) is 1.31. The molecule has 2 aromatic rings. The van der Waals surface area contributed by atoms with Crippen LogP contribution in [-0.2, 0) is 14.3 Å². The minimum Gasteiger partial charge on any atom is -0.456 e. The molecule has 0 aliphatic heterocycles. The van der Waals surface area contributed by atoms with Gasteiger partial charge in [0.1, 0.15) is 0 Å². The molecule has 26 heavy (non-hydrogen) atoms. The second-order valence-corrected chi connectivity index (χ2v) is 6.82. The number of nitrogens with one attached hydrogen (secondary N) is 2. The van der Waals surface area contributed by atoms with Crippen molar-refractivity contribution in [2.75, 3.05) is 18.5 Å². The lowest BCUT2D eigenvalue weighted by atomic mass is 10.3. The lowest BCUT2D eigenvalue weighted by Crippen LogP contribution is -2.27. The van der Waals surface area contributed by atoms with Gasteiger partial charge in [0.15, 0.2) is 12.4 Å². The van der Waals surface area contributed by atoms with Gasteiger partial charge < -0.3 is 15.4 Å². The van der Waals surface area contributed by atoms with E-state index >= 15 is 0 Å². The highest BCUT2D eigenvalue weighted by molar-refractivity contribution is 7.12. The first-order valence-corrected chi connectivity index (χ1v) is 9.10. The normalized spacial score (nSPS) is 10.3. The SMILES string of the molecule is Cc1c(Cl)cnc(NC(=O)COC(=O)CCNC(=O)c2cccs2)c1Cl. The maximum Gasteiger partial charge on any atom is 0.308 e. The van der Waals surface area contributed by atoms with Gasteiger partial charge in [0.2, 0.25) is 0 Å². The Morgan fingerprint density at radius 3 is 2.77 bits per heavy atom. The van der Waals surface area contributed by atoms with Crippen LogP contribution in [0, 0.1) is 6.92 Å². The van der Waals surface area contributed by atoms with Gasteiger partial charge in [0.05, 0.1) is 21.3 Å². The number of anilines is 1. The van der Waals surface area contributed by atoms with Crippen LogP contribution >= 0.6 is 34.5 Å². The monoisotopic (exact) mass is 415 g/mol. The second-order valence-electron chi connectivity index (χ2n) is 5.09.